The average molecular weight is 514 g/mol. The smallest absolute Gasteiger partial charge is 0.384 e. The number of halogens is 16. The van der Waals surface area contributed by atoms with Gasteiger partial charge in [0.1, 0.15) is 0 Å². The normalized spacial score (nSPS) is 15.5. The molecule has 0 aliphatic rings. The van der Waals surface area contributed by atoms with Crippen molar-refractivity contribution >= 4 is 5.97 Å². The van der Waals surface area contributed by atoms with Crippen LogP contribution in [0.4, 0.5) is 70.2 Å². The van der Waals surface area contributed by atoms with Crippen LogP contribution in [0, 0.1) is 0 Å². The number of hydrogen-bond acceptors (Lipinski definition) is 2. The van der Waals surface area contributed by atoms with Crippen LogP contribution in [-0.4, -0.2) is 60.0 Å². The first-order valence-corrected chi connectivity index (χ1v) is 7.52. The third kappa shape index (κ3) is 4.20. The highest BCUT2D eigenvalue weighted by Crippen LogP contribution is 2.63. The molecule has 190 valence electrons. The van der Waals surface area contributed by atoms with Crippen LogP contribution in [0.25, 0.3) is 0 Å². The molecule has 32 heavy (non-hydrogen) atoms. The number of ether oxygens (including phenoxy) is 1. The maximum absolute atomic E-state index is 13.5. The Morgan fingerprint density at radius 3 is 1.28 bits per heavy atom. The van der Waals surface area contributed by atoms with Crippen molar-refractivity contribution in [1.29, 1.82) is 0 Å². The van der Waals surface area contributed by atoms with Crippen LogP contribution in [0.15, 0.2) is 12.7 Å². The standard InChI is InChI=1S/C14H10F16O2/c1-3-6(31)32-5-4-8(17,18)10(21,22)12(25,26)14(29,30)13(27,28)11(23,24)9(19,20)7(2,15)16/h3H,1,4-5H2,2H3. The van der Waals surface area contributed by atoms with Gasteiger partial charge in [0.15, 0.2) is 0 Å². The lowest BCUT2D eigenvalue weighted by Gasteiger charge is -2.43. The van der Waals surface area contributed by atoms with Crippen molar-refractivity contribution in [2.24, 2.45) is 0 Å². The molecule has 0 unspecified atom stereocenters. The van der Waals surface area contributed by atoms with Crippen LogP contribution in [0.5, 0.6) is 0 Å². The number of rotatable bonds is 11. The number of alkyl halides is 16. The molecule has 0 N–H and O–H groups in total. The van der Waals surface area contributed by atoms with Gasteiger partial charge in [-0.25, -0.2) is 4.79 Å². The monoisotopic (exact) mass is 514 g/mol. The fourth-order valence-electron chi connectivity index (χ4n) is 1.79. The Labute approximate surface area is 167 Å². The van der Waals surface area contributed by atoms with Crippen LogP contribution >= 0.6 is 0 Å². The fraction of sp³-hybridized carbons (Fsp3) is 0.786. The lowest BCUT2D eigenvalue weighted by Crippen LogP contribution is -2.74. The minimum Gasteiger partial charge on any atom is -0.462 e. The fourth-order valence-corrected chi connectivity index (χ4v) is 1.79. The average Bonchev–Trinajstić information content (AvgIpc) is 2.59. The first-order chi connectivity index (χ1) is 13.7. The molecule has 0 saturated carbocycles. The van der Waals surface area contributed by atoms with Crippen molar-refractivity contribution in [3.05, 3.63) is 12.7 Å². The Morgan fingerprint density at radius 1 is 0.656 bits per heavy atom. The van der Waals surface area contributed by atoms with E-state index >= 15 is 0 Å². The van der Waals surface area contributed by atoms with Crippen LogP contribution in [-0.2, 0) is 9.53 Å². The van der Waals surface area contributed by atoms with Crippen LogP contribution in [0.2, 0.25) is 0 Å². The topological polar surface area (TPSA) is 26.3 Å². The number of carbonyl (C=O) groups is 1. The largest absolute Gasteiger partial charge is 0.462 e. The van der Waals surface area contributed by atoms with Gasteiger partial charge in [-0.2, -0.15) is 70.2 Å². The van der Waals surface area contributed by atoms with E-state index in [2.05, 4.69) is 11.3 Å². The molecule has 0 saturated heterocycles. The predicted molar refractivity (Wildman–Crippen MR) is 71.0 cm³/mol. The van der Waals surface area contributed by atoms with E-state index in [0.29, 0.717) is 0 Å². The first-order valence-electron chi connectivity index (χ1n) is 7.52. The summed E-state index contributed by atoms with van der Waals surface area (Å²) < 4.78 is 216. The lowest BCUT2D eigenvalue weighted by molar-refractivity contribution is -0.452. The minimum atomic E-state index is -8.46. The molecule has 0 radical (unpaired) electrons. The zero-order valence-electron chi connectivity index (χ0n) is 15.1. The predicted octanol–water partition coefficient (Wildman–Crippen LogP) is 6.21. The van der Waals surface area contributed by atoms with Crippen molar-refractivity contribution in [2.75, 3.05) is 6.61 Å². The van der Waals surface area contributed by atoms with Crippen molar-refractivity contribution in [3.63, 3.8) is 0 Å². The zero-order chi connectivity index (χ0) is 26.4. The van der Waals surface area contributed by atoms with E-state index in [9.17, 15) is 75.0 Å². The quantitative estimate of drug-likeness (QED) is 0.186. The molecule has 0 spiro atoms. The Morgan fingerprint density at radius 2 is 0.969 bits per heavy atom. The molecule has 0 aromatic carbocycles. The molecule has 18 heteroatoms. The Kier molecular flexibility index (Phi) is 7.66. The summed E-state index contributed by atoms with van der Waals surface area (Å²) in [6.07, 6.45) is -2.55. The third-order valence-corrected chi connectivity index (χ3v) is 3.81. The minimum absolute atomic E-state index is 0.228. The third-order valence-electron chi connectivity index (χ3n) is 3.81. The van der Waals surface area contributed by atoms with Gasteiger partial charge in [-0.3, -0.25) is 0 Å². The highest BCUT2D eigenvalue weighted by molar-refractivity contribution is 5.81. The molecule has 0 aromatic rings. The van der Waals surface area contributed by atoms with Crippen LogP contribution in [0.1, 0.15) is 13.3 Å². The summed E-state index contributed by atoms with van der Waals surface area (Å²) in [5, 5.41) is 0. The summed E-state index contributed by atoms with van der Waals surface area (Å²) in [7, 11) is 0. The van der Waals surface area contributed by atoms with E-state index in [1.54, 1.807) is 0 Å². The van der Waals surface area contributed by atoms with Gasteiger partial charge in [0, 0.05) is 13.0 Å². The van der Waals surface area contributed by atoms with E-state index in [4.69, 9.17) is 0 Å². The SMILES string of the molecule is C=CC(=O)OCCC(F)(F)C(F)(F)C(F)(F)C(F)(F)C(F)(F)C(F)(F)C(F)(F)C(C)(F)F. The maximum Gasteiger partial charge on any atom is 0.384 e. The molecule has 0 aliphatic heterocycles. The highest BCUT2D eigenvalue weighted by atomic mass is 19.4. The summed E-state index contributed by atoms with van der Waals surface area (Å²) in [6, 6.07) is 0. The Bertz CT molecular complexity index is 706. The molecule has 0 amide bonds. The summed E-state index contributed by atoms with van der Waals surface area (Å²) in [5.74, 6) is -62.9. The van der Waals surface area contributed by atoms with Gasteiger partial charge in [0.05, 0.1) is 13.0 Å². The van der Waals surface area contributed by atoms with E-state index in [1.165, 1.54) is 0 Å². The highest BCUT2D eigenvalue weighted by Gasteiger charge is 2.94. The van der Waals surface area contributed by atoms with E-state index in [0.717, 1.165) is 0 Å². The summed E-state index contributed by atoms with van der Waals surface area (Å²) in [4.78, 5) is 10.6. The molecule has 2 nitrogen and oxygen atoms in total. The number of esters is 1. The molecule has 0 atom stereocenters. The summed E-state index contributed by atoms with van der Waals surface area (Å²) in [5.41, 5.74) is 0. The second-order valence-corrected chi connectivity index (χ2v) is 6.16. The molecule has 0 aliphatic carbocycles. The van der Waals surface area contributed by atoms with Gasteiger partial charge < -0.3 is 4.74 Å². The first kappa shape index (κ1) is 30.1. The molecular weight excluding hydrogens is 504 g/mol. The summed E-state index contributed by atoms with van der Waals surface area (Å²) >= 11 is 0. The number of carbonyl (C=O) groups excluding carboxylic acids is 1. The molecule has 0 aromatic heterocycles. The lowest BCUT2D eigenvalue weighted by atomic mass is 9.87. The van der Waals surface area contributed by atoms with Crippen LogP contribution in [0.3, 0.4) is 0 Å². The van der Waals surface area contributed by atoms with E-state index in [-0.39, 0.29) is 6.08 Å². The molecule has 0 rings (SSSR count). The second-order valence-electron chi connectivity index (χ2n) is 6.16. The summed E-state index contributed by atoms with van der Waals surface area (Å²) in [6.45, 7) is -0.480. The Balaban J connectivity index is 6.41. The van der Waals surface area contributed by atoms with E-state index in [1.807, 2.05) is 0 Å². The zero-order valence-corrected chi connectivity index (χ0v) is 15.1. The molecule has 0 fully saturated rings. The number of hydrogen-bond donors (Lipinski definition) is 0. The van der Waals surface area contributed by atoms with Crippen molar-refractivity contribution in [2.45, 2.75) is 60.7 Å². The second kappa shape index (κ2) is 8.14. The van der Waals surface area contributed by atoms with Gasteiger partial charge >= 0.3 is 53.3 Å². The van der Waals surface area contributed by atoms with Gasteiger partial charge in [-0.05, 0) is 0 Å². The van der Waals surface area contributed by atoms with Crippen molar-refractivity contribution < 1.29 is 79.8 Å². The molecular formula is C14H10F16O2. The van der Waals surface area contributed by atoms with Gasteiger partial charge in [0.2, 0.25) is 0 Å². The maximum atomic E-state index is 13.5. The van der Waals surface area contributed by atoms with Crippen molar-refractivity contribution in [1.82, 2.24) is 0 Å². The van der Waals surface area contributed by atoms with Gasteiger partial charge in [-0.15, -0.1) is 0 Å². The molecule has 0 heterocycles. The molecule has 0 bridgehead atoms. The van der Waals surface area contributed by atoms with Crippen molar-refractivity contribution in [3.8, 4) is 0 Å². The van der Waals surface area contributed by atoms with E-state index < -0.39 is 73.3 Å². The Hall–Kier alpha value is -1.91. The van der Waals surface area contributed by atoms with Gasteiger partial charge in [0.25, 0.3) is 0 Å². The van der Waals surface area contributed by atoms with Crippen LogP contribution < -0.4 is 0 Å². The van der Waals surface area contributed by atoms with Gasteiger partial charge in [-0.1, -0.05) is 6.58 Å².